The Kier molecular flexibility index (Phi) is 4.77. The van der Waals surface area contributed by atoms with Gasteiger partial charge in [-0.15, -0.1) is 12.3 Å². The SMILES string of the molecule is C#CCC1CC2COCC(C1)N2C(=O)OCC1c2ccccc2-c2ccccc21. The van der Waals surface area contributed by atoms with E-state index < -0.39 is 0 Å². The fourth-order valence-electron chi connectivity index (χ4n) is 5.33. The Morgan fingerprint density at radius 2 is 1.62 bits per heavy atom. The summed E-state index contributed by atoms with van der Waals surface area (Å²) in [6, 6.07) is 16.9. The second-order valence-corrected chi connectivity index (χ2v) is 8.30. The summed E-state index contributed by atoms with van der Waals surface area (Å²) in [6.45, 7) is 1.50. The molecule has 148 valence electrons. The van der Waals surface area contributed by atoms with Gasteiger partial charge in [-0.2, -0.15) is 0 Å². The normalized spacial score (nSPS) is 25.1. The minimum atomic E-state index is -0.218. The van der Waals surface area contributed by atoms with Gasteiger partial charge in [0.15, 0.2) is 0 Å². The zero-order chi connectivity index (χ0) is 19.8. The maximum absolute atomic E-state index is 13.1. The predicted molar refractivity (Wildman–Crippen MR) is 111 cm³/mol. The average Bonchev–Trinajstić information content (AvgIpc) is 3.05. The van der Waals surface area contributed by atoms with Gasteiger partial charge in [-0.05, 0) is 41.0 Å². The number of rotatable bonds is 3. The summed E-state index contributed by atoms with van der Waals surface area (Å²) in [7, 11) is 0. The van der Waals surface area contributed by atoms with Crippen LogP contribution in [0.15, 0.2) is 48.5 Å². The molecule has 2 unspecified atom stereocenters. The van der Waals surface area contributed by atoms with Crippen LogP contribution in [-0.4, -0.2) is 42.9 Å². The third-order valence-corrected chi connectivity index (χ3v) is 6.57. The summed E-state index contributed by atoms with van der Waals surface area (Å²) in [5.41, 5.74) is 4.95. The summed E-state index contributed by atoms with van der Waals surface area (Å²) in [6.07, 6.45) is 7.85. The zero-order valence-electron chi connectivity index (χ0n) is 16.4. The molecule has 4 heteroatoms. The van der Waals surface area contributed by atoms with Crippen molar-refractivity contribution in [2.75, 3.05) is 19.8 Å². The molecule has 2 atom stereocenters. The molecule has 0 radical (unpaired) electrons. The predicted octanol–water partition coefficient (Wildman–Crippen LogP) is 4.44. The van der Waals surface area contributed by atoms with E-state index >= 15 is 0 Å². The maximum Gasteiger partial charge on any atom is 0.410 e. The lowest BCUT2D eigenvalue weighted by Crippen LogP contribution is -2.59. The molecule has 0 aromatic heterocycles. The molecule has 2 aromatic rings. The number of terminal acetylenes is 1. The Balaban J connectivity index is 1.32. The number of ether oxygens (including phenoxy) is 2. The topological polar surface area (TPSA) is 38.8 Å². The molecule has 2 heterocycles. The van der Waals surface area contributed by atoms with E-state index in [1.54, 1.807) is 0 Å². The third kappa shape index (κ3) is 3.20. The Hall–Kier alpha value is -2.77. The summed E-state index contributed by atoms with van der Waals surface area (Å²) >= 11 is 0. The van der Waals surface area contributed by atoms with Crippen LogP contribution in [0, 0.1) is 18.3 Å². The molecule has 0 N–H and O–H groups in total. The highest BCUT2D eigenvalue weighted by Gasteiger charge is 2.42. The fourth-order valence-corrected chi connectivity index (χ4v) is 5.33. The Morgan fingerprint density at radius 3 is 2.21 bits per heavy atom. The smallest absolute Gasteiger partial charge is 0.410 e. The van der Waals surface area contributed by atoms with Gasteiger partial charge in [-0.25, -0.2) is 4.79 Å². The van der Waals surface area contributed by atoms with Crippen LogP contribution in [0.5, 0.6) is 0 Å². The molecule has 5 rings (SSSR count). The number of hydrogen-bond acceptors (Lipinski definition) is 3. The van der Waals surface area contributed by atoms with Crippen LogP contribution in [0.3, 0.4) is 0 Å². The Morgan fingerprint density at radius 1 is 1.03 bits per heavy atom. The van der Waals surface area contributed by atoms with Crippen molar-refractivity contribution in [2.45, 2.75) is 37.3 Å². The lowest BCUT2D eigenvalue weighted by Gasteiger charge is -2.47. The first kappa shape index (κ1) is 18.3. The van der Waals surface area contributed by atoms with Crippen LogP contribution in [0.25, 0.3) is 11.1 Å². The van der Waals surface area contributed by atoms with Crippen LogP contribution < -0.4 is 0 Å². The van der Waals surface area contributed by atoms with E-state index in [1.165, 1.54) is 22.3 Å². The van der Waals surface area contributed by atoms with E-state index in [2.05, 4.69) is 54.5 Å². The molecule has 2 aliphatic heterocycles. The number of hydrogen-bond donors (Lipinski definition) is 0. The first-order valence-corrected chi connectivity index (χ1v) is 10.4. The quantitative estimate of drug-likeness (QED) is 0.731. The first-order chi connectivity index (χ1) is 14.3. The minimum absolute atomic E-state index is 0.0662. The van der Waals surface area contributed by atoms with Crippen LogP contribution in [0.2, 0.25) is 0 Å². The summed E-state index contributed by atoms with van der Waals surface area (Å²) in [5.74, 6) is 3.33. The van der Waals surface area contributed by atoms with Crippen LogP contribution in [-0.2, 0) is 9.47 Å². The van der Waals surface area contributed by atoms with E-state index in [9.17, 15) is 4.79 Å². The second-order valence-electron chi connectivity index (χ2n) is 8.30. The number of fused-ring (bicyclic) bond motifs is 5. The highest BCUT2D eigenvalue weighted by Crippen LogP contribution is 2.44. The van der Waals surface area contributed by atoms with Gasteiger partial charge in [0, 0.05) is 12.3 Å². The molecule has 3 aliphatic rings. The van der Waals surface area contributed by atoms with Gasteiger partial charge in [-0.1, -0.05) is 48.5 Å². The summed E-state index contributed by atoms with van der Waals surface area (Å²) < 4.78 is 11.6. The van der Waals surface area contributed by atoms with Crippen LogP contribution in [0.1, 0.15) is 36.3 Å². The van der Waals surface area contributed by atoms with Crippen molar-refractivity contribution in [3.05, 3.63) is 59.7 Å². The lowest BCUT2D eigenvalue weighted by atomic mass is 9.83. The third-order valence-electron chi connectivity index (χ3n) is 6.57. The van der Waals surface area contributed by atoms with Crippen LogP contribution >= 0.6 is 0 Å². The fraction of sp³-hybridized carbons (Fsp3) is 0.400. The van der Waals surface area contributed by atoms with E-state index in [4.69, 9.17) is 15.9 Å². The van der Waals surface area contributed by atoms with Gasteiger partial charge in [0.1, 0.15) is 6.61 Å². The Labute approximate surface area is 171 Å². The van der Waals surface area contributed by atoms with Gasteiger partial charge in [-0.3, -0.25) is 4.90 Å². The Bertz CT molecular complexity index is 903. The number of amides is 1. The van der Waals surface area contributed by atoms with Gasteiger partial charge in [0.2, 0.25) is 0 Å². The van der Waals surface area contributed by atoms with Crippen molar-refractivity contribution in [2.24, 2.45) is 5.92 Å². The molecule has 1 amide bonds. The molecule has 2 saturated heterocycles. The highest BCUT2D eigenvalue weighted by atomic mass is 16.6. The molecule has 1 aliphatic carbocycles. The first-order valence-electron chi connectivity index (χ1n) is 10.4. The van der Waals surface area contributed by atoms with E-state index in [0.717, 1.165) is 19.3 Å². The van der Waals surface area contributed by atoms with E-state index in [-0.39, 0.29) is 24.1 Å². The molecule has 29 heavy (non-hydrogen) atoms. The van der Waals surface area contributed by atoms with Gasteiger partial charge < -0.3 is 9.47 Å². The maximum atomic E-state index is 13.1. The molecule has 2 aromatic carbocycles. The molecule has 0 saturated carbocycles. The average molecular weight is 387 g/mol. The molecule has 4 nitrogen and oxygen atoms in total. The lowest BCUT2D eigenvalue weighted by molar-refractivity contribution is -0.0780. The number of carbonyl (C=O) groups is 1. The standard InChI is InChI=1S/C25H25NO3/c1-2-7-17-12-18-14-28-15-19(13-17)26(18)25(27)29-16-24-22-10-5-3-8-20(22)21-9-4-6-11-23(21)24/h1,3-6,8-11,17-19,24H,7,12-16H2. The zero-order valence-corrected chi connectivity index (χ0v) is 16.4. The number of benzene rings is 2. The highest BCUT2D eigenvalue weighted by molar-refractivity contribution is 5.79. The van der Waals surface area contributed by atoms with Gasteiger partial charge in [0.25, 0.3) is 0 Å². The van der Waals surface area contributed by atoms with Crippen LogP contribution in [0.4, 0.5) is 4.79 Å². The summed E-state index contributed by atoms with van der Waals surface area (Å²) in [5, 5.41) is 0. The molecular formula is C25H25NO3. The van der Waals surface area contributed by atoms with Gasteiger partial charge in [0.05, 0.1) is 25.3 Å². The summed E-state index contributed by atoms with van der Waals surface area (Å²) in [4.78, 5) is 15.0. The van der Waals surface area contributed by atoms with E-state index in [0.29, 0.717) is 25.7 Å². The van der Waals surface area contributed by atoms with Crippen molar-refractivity contribution in [3.63, 3.8) is 0 Å². The number of carbonyl (C=O) groups excluding carboxylic acids is 1. The number of nitrogens with zero attached hydrogens (tertiary/aromatic N) is 1. The molecule has 2 fully saturated rings. The van der Waals surface area contributed by atoms with Crippen molar-refractivity contribution >= 4 is 6.09 Å². The van der Waals surface area contributed by atoms with Crippen molar-refractivity contribution in [1.82, 2.24) is 4.90 Å². The minimum Gasteiger partial charge on any atom is -0.448 e. The molecule has 2 bridgehead atoms. The number of morpholine rings is 1. The van der Waals surface area contributed by atoms with Gasteiger partial charge >= 0.3 is 6.09 Å². The van der Waals surface area contributed by atoms with Crippen molar-refractivity contribution in [1.29, 1.82) is 0 Å². The molecular weight excluding hydrogens is 362 g/mol. The number of piperidine rings is 1. The van der Waals surface area contributed by atoms with Crippen molar-refractivity contribution in [3.8, 4) is 23.5 Å². The van der Waals surface area contributed by atoms with Crippen molar-refractivity contribution < 1.29 is 14.3 Å². The second kappa shape index (κ2) is 7.57. The monoisotopic (exact) mass is 387 g/mol. The van der Waals surface area contributed by atoms with E-state index in [1.807, 2.05) is 4.90 Å². The molecule has 0 spiro atoms. The largest absolute Gasteiger partial charge is 0.448 e.